The van der Waals surface area contributed by atoms with Crippen molar-refractivity contribution in [3.8, 4) is 5.75 Å². The number of likely N-dealkylation sites (tertiary alicyclic amines) is 1. The Kier molecular flexibility index (Phi) is 8.66. The van der Waals surface area contributed by atoms with Gasteiger partial charge in [-0.3, -0.25) is 4.79 Å². The molecule has 0 bridgehead atoms. The summed E-state index contributed by atoms with van der Waals surface area (Å²) in [5, 5.41) is 13.7. The van der Waals surface area contributed by atoms with Gasteiger partial charge in [0.15, 0.2) is 0 Å². The molecule has 1 fully saturated rings. The monoisotopic (exact) mass is 586 g/mol. The third kappa shape index (κ3) is 5.86. The standard InChI is InChI=1S/C24H28Br2N2O3.ClH/c1-28(11-9-17(10-12-28)16-5-3-2-4-6-16)14-18(29)15-31-24-19-7-8-22(30)27-23(19)20(25)13-21(24)26;/h2-6,13,17-18,29H,7-12,14-15H2,1H3;1H. The summed E-state index contributed by atoms with van der Waals surface area (Å²) in [6, 6.07) is 12.6. The van der Waals surface area contributed by atoms with Gasteiger partial charge in [0.1, 0.15) is 25.0 Å². The number of nitrogens with zero attached hydrogens (tertiary/aromatic N) is 1. The number of rotatable bonds is 6. The number of benzene rings is 2. The summed E-state index contributed by atoms with van der Waals surface area (Å²) in [5.74, 6) is 1.33. The molecule has 1 amide bonds. The van der Waals surface area contributed by atoms with Crippen LogP contribution in [0.25, 0.3) is 0 Å². The maximum atomic E-state index is 11.8. The summed E-state index contributed by atoms with van der Waals surface area (Å²) in [7, 11) is 2.23. The van der Waals surface area contributed by atoms with Gasteiger partial charge in [-0.2, -0.15) is 0 Å². The Hall–Kier alpha value is -1.12. The van der Waals surface area contributed by atoms with Crippen LogP contribution in [0.4, 0.5) is 5.69 Å². The number of fused-ring (bicyclic) bond motifs is 1. The lowest BCUT2D eigenvalue weighted by Gasteiger charge is -2.41. The lowest BCUT2D eigenvalue weighted by atomic mass is 9.88. The molecular weight excluding hydrogens is 560 g/mol. The molecule has 174 valence electrons. The van der Waals surface area contributed by atoms with E-state index in [-0.39, 0.29) is 24.9 Å². The number of aliphatic hydroxyl groups excluding tert-OH is 1. The number of quaternary nitrogens is 1. The van der Waals surface area contributed by atoms with Crippen molar-refractivity contribution in [1.82, 2.24) is 0 Å². The van der Waals surface area contributed by atoms with Gasteiger partial charge in [0, 0.05) is 29.3 Å². The lowest BCUT2D eigenvalue weighted by molar-refractivity contribution is -0.917. The van der Waals surface area contributed by atoms with Crippen LogP contribution >= 0.6 is 31.9 Å². The first-order valence-corrected chi connectivity index (χ1v) is 12.4. The number of aliphatic hydroxyl groups is 1. The van der Waals surface area contributed by atoms with Crippen molar-refractivity contribution < 1.29 is 31.5 Å². The van der Waals surface area contributed by atoms with Gasteiger partial charge in [-0.15, -0.1) is 0 Å². The van der Waals surface area contributed by atoms with Crippen molar-refractivity contribution in [3.05, 3.63) is 56.5 Å². The number of hydrogen-bond donors (Lipinski definition) is 2. The van der Waals surface area contributed by atoms with Crippen LogP contribution in [0.1, 0.15) is 36.3 Å². The van der Waals surface area contributed by atoms with E-state index in [0.717, 1.165) is 50.6 Å². The predicted molar refractivity (Wildman–Crippen MR) is 129 cm³/mol. The third-order valence-electron chi connectivity index (χ3n) is 6.53. The van der Waals surface area contributed by atoms with Crippen LogP contribution < -0.4 is 22.5 Å². The van der Waals surface area contributed by atoms with E-state index in [1.165, 1.54) is 5.56 Å². The molecule has 0 spiro atoms. The summed E-state index contributed by atoms with van der Waals surface area (Å²) in [6.07, 6.45) is 2.78. The molecule has 2 aliphatic rings. The fraction of sp³-hybridized carbons (Fsp3) is 0.458. The minimum atomic E-state index is -0.553. The average Bonchev–Trinajstić information content (AvgIpc) is 2.75. The molecule has 0 radical (unpaired) electrons. The van der Waals surface area contributed by atoms with E-state index in [9.17, 15) is 9.90 Å². The molecule has 2 aliphatic heterocycles. The number of hydrogen-bond acceptors (Lipinski definition) is 3. The largest absolute Gasteiger partial charge is 1.00 e. The Morgan fingerprint density at radius 1 is 1.16 bits per heavy atom. The van der Waals surface area contributed by atoms with E-state index in [4.69, 9.17) is 4.74 Å². The molecule has 2 N–H and O–H groups in total. The first-order valence-electron chi connectivity index (χ1n) is 10.8. The van der Waals surface area contributed by atoms with Gasteiger partial charge in [-0.25, -0.2) is 0 Å². The van der Waals surface area contributed by atoms with Crippen LogP contribution in [0.3, 0.4) is 0 Å². The highest BCUT2D eigenvalue weighted by molar-refractivity contribution is 9.11. The maximum absolute atomic E-state index is 11.8. The molecule has 5 nitrogen and oxygen atoms in total. The number of anilines is 1. The van der Waals surface area contributed by atoms with E-state index in [1.54, 1.807) is 0 Å². The van der Waals surface area contributed by atoms with Gasteiger partial charge in [0.05, 0.1) is 30.3 Å². The summed E-state index contributed by atoms with van der Waals surface area (Å²) >= 11 is 7.09. The Morgan fingerprint density at radius 2 is 1.84 bits per heavy atom. The van der Waals surface area contributed by atoms with Crippen molar-refractivity contribution in [3.63, 3.8) is 0 Å². The second-order valence-corrected chi connectivity index (χ2v) is 10.7. The van der Waals surface area contributed by atoms with Crippen LogP contribution in [-0.2, 0) is 11.2 Å². The van der Waals surface area contributed by atoms with Crippen molar-refractivity contribution in [1.29, 1.82) is 0 Å². The van der Waals surface area contributed by atoms with Crippen molar-refractivity contribution in [2.45, 2.75) is 37.7 Å². The zero-order valence-corrected chi connectivity index (χ0v) is 22.0. The van der Waals surface area contributed by atoms with E-state index >= 15 is 0 Å². The van der Waals surface area contributed by atoms with E-state index < -0.39 is 6.10 Å². The van der Waals surface area contributed by atoms with Crippen molar-refractivity contribution in [2.24, 2.45) is 0 Å². The minimum Gasteiger partial charge on any atom is -1.00 e. The fourth-order valence-corrected chi connectivity index (χ4v) is 6.25. The van der Waals surface area contributed by atoms with Crippen LogP contribution in [0, 0.1) is 0 Å². The predicted octanol–water partition coefficient (Wildman–Crippen LogP) is 1.86. The maximum Gasteiger partial charge on any atom is 0.224 e. The molecule has 1 saturated heterocycles. The van der Waals surface area contributed by atoms with Crippen LogP contribution in [-0.4, -0.2) is 54.9 Å². The molecule has 32 heavy (non-hydrogen) atoms. The molecule has 0 aliphatic carbocycles. The summed E-state index contributed by atoms with van der Waals surface area (Å²) in [6.45, 7) is 3.02. The molecule has 2 aromatic rings. The lowest BCUT2D eigenvalue weighted by Crippen LogP contribution is -3.00. The van der Waals surface area contributed by atoms with Gasteiger partial charge >= 0.3 is 0 Å². The molecule has 8 heteroatoms. The highest BCUT2D eigenvalue weighted by Gasteiger charge is 2.33. The SMILES string of the molecule is C[N+]1(CC(O)COc2c(Br)cc(Br)c3c2CCC(=O)N3)CCC(c2ccccc2)CC1.[Cl-]. The number of halogens is 3. The van der Waals surface area contributed by atoms with Crippen LogP contribution in [0.15, 0.2) is 45.3 Å². The second-order valence-electron chi connectivity index (χ2n) is 8.97. The van der Waals surface area contributed by atoms with E-state index in [1.807, 2.05) is 6.07 Å². The van der Waals surface area contributed by atoms with E-state index in [0.29, 0.717) is 31.1 Å². The van der Waals surface area contributed by atoms with Gasteiger partial charge in [-0.1, -0.05) is 30.3 Å². The Labute approximate surface area is 212 Å². The number of amides is 1. The van der Waals surface area contributed by atoms with Crippen molar-refractivity contribution >= 4 is 43.5 Å². The van der Waals surface area contributed by atoms with E-state index in [2.05, 4.69) is 74.6 Å². The second kappa shape index (κ2) is 10.9. The zero-order valence-electron chi connectivity index (χ0n) is 18.1. The molecule has 1 unspecified atom stereocenters. The summed E-state index contributed by atoms with van der Waals surface area (Å²) in [4.78, 5) is 11.8. The fourth-order valence-electron chi connectivity index (χ4n) is 4.79. The van der Waals surface area contributed by atoms with Crippen LogP contribution in [0.2, 0.25) is 0 Å². The molecular formula is C24H29Br2ClN2O3. The Bertz CT molecular complexity index is 950. The molecule has 1 atom stereocenters. The number of carbonyl (C=O) groups is 1. The molecule has 4 rings (SSSR count). The van der Waals surface area contributed by atoms with Gasteiger partial charge < -0.3 is 32.1 Å². The van der Waals surface area contributed by atoms with Gasteiger partial charge in [0.2, 0.25) is 5.91 Å². The Balaban J connectivity index is 0.00000289. The van der Waals surface area contributed by atoms with Gasteiger partial charge in [-0.05, 0) is 55.8 Å². The normalized spacial score (nSPS) is 23.5. The topological polar surface area (TPSA) is 58.6 Å². The third-order valence-corrected chi connectivity index (χ3v) is 7.74. The number of nitrogens with one attached hydrogen (secondary N) is 1. The number of carbonyl (C=O) groups excluding carboxylic acids is 1. The molecule has 0 saturated carbocycles. The molecule has 2 heterocycles. The first kappa shape index (κ1) is 25.5. The van der Waals surface area contributed by atoms with Gasteiger partial charge in [0.25, 0.3) is 0 Å². The number of likely N-dealkylation sites (N-methyl/N-ethyl adjacent to an activating group) is 1. The highest BCUT2D eigenvalue weighted by atomic mass is 79.9. The minimum absolute atomic E-state index is 0. The number of ether oxygens (including phenoxy) is 1. The summed E-state index contributed by atoms with van der Waals surface area (Å²) in [5.41, 5.74) is 3.16. The quantitative estimate of drug-likeness (QED) is 0.507. The van der Waals surface area contributed by atoms with Crippen molar-refractivity contribution in [2.75, 3.05) is 38.6 Å². The van der Waals surface area contributed by atoms with Crippen LogP contribution in [0.5, 0.6) is 5.75 Å². The number of piperidine rings is 1. The first-order chi connectivity index (χ1) is 14.8. The molecule has 2 aromatic carbocycles. The Morgan fingerprint density at radius 3 is 2.53 bits per heavy atom. The average molecular weight is 589 g/mol. The smallest absolute Gasteiger partial charge is 0.224 e. The molecule has 0 aromatic heterocycles. The zero-order chi connectivity index (χ0) is 22.0. The highest BCUT2D eigenvalue weighted by Crippen LogP contribution is 2.42. The summed E-state index contributed by atoms with van der Waals surface area (Å²) < 4.78 is 8.60.